The van der Waals surface area contributed by atoms with E-state index >= 15 is 0 Å². The summed E-state index contributed by atoms with van der Waals surface area (Å²) in [4.78, 5) is 44.6. The Labute approximate surface area is 133 Å². The van der Waals surface area contributed by atoms with Crippen LogP contribution in [-0.2, 0) is 28.5 Å². The summed E-state index contributed by atoms with van der Waals surface area (Å²) in [5.41, 5.74) is 0. The molecule has 0 amide bonds. The van der Waals surface area contributed by atoms with E-state index in [1.165, 1.54) is 0 Å². The van der Waals surface area contributed by atoms with E-state index in [1.807, 2.05) is 0 Å². The zero-order chi connectivity index (χ0) is 17.7. The molecule has 128 valence electrons. The number of carbonyl (C=O) groups excluding carboxylic acids is 4. The average molecular weight is 329 g/mol. The van der Waals surface area contributed by atoms with Crippen molar-refractivity contribution in [2.45, 2.75) is 33.1 Å². The molecule has 0 fully saturated rings. The minimum absolute atomic E-state index is 0.109. The van der Waals surface area contributed by atoms with Gasteiger partial charge in [-0.2, -0.15) is 0 Å². The Kier molecular flexibility index (Phi) is 10.5. The van der Waals surface area contributed by atoms with E-state index in [-0.39, 0.29) is 13.2 Å². The van der Waals surface area contributed by atoms with Crippen LogP contribution in [0.5, 0.6) is 0 Å². The van der Waals surface area contributed by atoms with Gasteiger partial charge in [-0.1, -0.05) is 13.8 Å². The minimum Gasteiger partial charge on any atom is -0.434 e. The molecule has 0 unspecified atom stereocenters. The predicted molar refractivity (Wildman–Crippen MR) is 76.9 cm³/mol. The molecular formula is C14H19NO8. The first-order valence-corrected chi connectivity index (χ1v) is 6.90. The highest BCUT2D eigenvalue weighted by Crippen LogP contribution is 1.96. The van der Waals surface area contributed by atoms with E-state index in [4.69, 9.17) is 5.41 Å². The average Bonchev–Trinajstić information content (AvgIpc) is 2.48. The quantitative estimate of drug-likeness (QED) is 0.236. The van der Waals surface area contributed by atoms with Crippen LogP contribution in [0, 0.1) is 5.41 Å². The first-order chi connectivity index (χ1) is 10.9. The molecule has 0 aromatic heterocycles. The van der Waals surface area contributed by atoms with E-state index in [0.29, 0.717) is 18.9 Å². The lowest BCUT2D eigenvalue weighted by Crippen LogP contribution is -2.16. The third-order valence-electron chi connectivity index (χ3n) is 1.98. The number of carbonyl (C=O) groups is 4. The second kappa shape index (κ2) is 11.9. The van der Waals surface area contributed by atoms with Gasteiger partial charge in [-0.15, -0.1) is 0 Å². The van der Waals surface area contributed by atoms with Crippen LogP contribution in [0.2, 0.25) is 0 Å². The van der Waals surface area contributed by atoms with Crippen LogP contribution in [0.25, 0.3) is 0 Å². The Hall–Kier alpha value is -2.71. The van der Waals surface area contributed by atoms with Crippen LogP contribution >= 0.6 is 0 Å². The Morgan fingerprint density at radius 3 is 1.91 bits per heavy atom. The van der Waals surface area contributed by atoms with Gasteiger partial charge in [0.1, 0.15) is 0 Å². The SMILES string of the molecule is CCCOC(=O)OC(=N)CC(=O)/C=C\C(=O)OC(=O)OCCC. The van der Waals surface area contributed by atoms with Gasteiger partial charge in [-0.25, -0.2) is 14.4 Å². The van der Waals surface area contributed by atoms with Crippen LogP contribution in [-0.4, -0.2) is 43.2 Å². The highest BCUT2D eigenvalue weighted by molar-refractivity contribution is 6.06. The molecule has 23 heavy (non-hydrogen) atoms. The van der Waals surface area contributed by atoms with Crippen LogP contribution in [0.15, 0.2) is 12.2 Å². The van der Waals surface area contributed by atoms with Gasteiger partial charge in [0.15, 0.2) is 5.78 Å². The summed E-state index contributed by atoms with van der Waals surface area (Å²) in [6, 6.07) is 0. The zero-order valence-electron chi connectivity index (χ0n) is 13.0. The van der Waals surface area contributed by atoms with Crippen LogP contribution in [0.3, 0.4) is 0 Å². The molecule has 0 saturated heterocycles. The van der Waals surface area contributed by atoms with Gasteiger partial charge < -0.3 is 18.9 Å². The fourth-order valence-corrected chi connectivity index (χ4v) is 1.06. The van der Waals surface area contributed by atoms with Gasteiger partial charge in [0, 0.05) is 6.08 Å². The summed E-state index contributed by atoms with van der Waals surface area (Å²) in [5, 5.41) is 7.29. The van der Waals surface area contributed by atoms with Gasteiger partial charge in [0.2, 0.25) is 5.90 Å². The Balaban J connectivity index is 4.12. The first kappa shape index (κ1) is 20.3. The maximum Gasteiger partial charge on any atom is 0.516 e. The maximum atomic E-state index is 11.4. The van der Waals surface area contributed by atoms with Crippen molar-refractivity contribution in [3.05, 3.63) is 12.2 Å². The summed E-state index contributed by atoms with van der Waals surface area (Å²) in [6.45, 7) is 3.80. The van der Waals surface area contributed by atoms with Crippen molar-refractivity contribution in [2.24, 2.45) is 0 Å². The highest BCUT2D eigenvalue weighted by atomic mass is 16.7. The smallest absolute Gasteiger partial charge is 0.434 e. The Bertz CT molecular complexity index is 483. The van der Waals surface area contributed by atoms with E-state index in [1.54, 1.807) is 13.8 Å². The molecule has 0 radical (unpaired) electrons. The molecule has 0 aliphatic heterocycles. The number of hydrogen-bond donors (Lipinski definition) is 1. The highest BCUT2D eigenvalue weighted by Gasteiger charge is 2.12. The number of esters is 1. The van der Waals surface area contributed by atoms with Crippen LogP contribution < -0.4 is 0 Å². The number of hydrogen-bond acceptors (Lipinski definition) is 9. The van der Waals surface area contributed by atoms with Crippen molar-refractivity contribution in [3.63, 3.8) is 0 Å². The number of rotatable bonds is 8. The van der Waals surface area contributed by atoms with Crippen molar-refractivity contribution in [1.82, 2.24) is 0 Å². The standard InChI is InChI=1S/C14H19NO8/c1-3-7-20-13(18)22-11(15)9-10(16)5-6-12(17)23-14(19)21-8-4-2/h5-6,15H,3-4,7-9H2,1-2H3/b6-5-,15-11?. The predicted octanol–water partition coefficient (Wildman–Crippen LogP) is 2.13. The molecule has 1 N–H and O–H groups in total. The topological polar surface area (TPSA) is 129 Å². The van der Waals surface area contributed by atoms with E-state index in [0.717, 1.165) is 6.08 Å². The normalized spacial score (nSPS) is 10.0. The Morgan fingerprint density at radius 2 is 1.39 bits per heavy atom. The molecule has 0 rings (SSSR count). The second-order valence-electron chi connectivity index (χ2n) is 4.12. The number of ether oxygens (including phenoxy) is 4. The fraction of sp³-hybridized carbons (Fsp3) is 0.500. The second-order valence-corrected chi connectivity index (χ2v) is 4.12. The summed E-state index contributed by atoms with van der Waals surface area (Å²) in [7, 11) is 0. The molecule has 0 atom stereocenters. The van der Waals surface area contributed by atoms with Crippen molar-refractivity contribution >= 4 is 30.0 Å². The van der Waals surface area contributed by atoms with E-state index in [2.05, 4.69) is 18.9 Å². The summed E-state index contributed by atoms with van der Waals surface area (Å²) >= 11 is 0. The molecule has 0 aromatic carbocycles. The lowest BCUT2D eigenvalue weighted by molar-refractivity contribution is -0.134. The fourth-order valence-electron chi connectivity index (χ4n) is 1.06. The van der Waals surface area contributed by atoms with Gasteiger partial charge in [-0.3, -0.25) is 10.2 Å². The molecule has 0 spiro atoms. The minimum atomic E-state index is -1.16. The van der Waals surface area contributed by atoms with Crippen LogP contribution in [0.1, 0.15) is 33.1 Å². The van der Waals surface area contributed by atoms with Crippen molar-refractivity contribution < 1.29 is 38.1 Å². The molecular weight excluding hydrogens is 310 g/mol. The summed E-state index contributed by atoms with van der Waals surface area (Å²) < 4.78 is 17.7. The largest absolute Gasteiger partial charge is 0.516 e. The number of ketones is 1. The molecule has 0 aliphatic carbocycles. The third kappa shape index (κ3) is 11.6. The monoisotopic (exact) mass is 329 g/mol. The molecule has 0 saturated carbocycles. The van der Waals surface area contributed by atoms with Crippen molar-refractivity contribution in [2.75, 3.05) is 13.2 Å². The number of nitrogens with one attached hydrogen (secondary N) is 1. The molecule has 9 heteroatoms. The molecule has 0 aromatic rings. The van der Waals surface area contributed by atoms with Gasteiger partial charge >= 0.3 is 18.3 Å². The Morgan fingerprint density at radius 1 is 0.870 bits per heavy atom. The van der Waals surface area contributed by atoms with E-state index in [9.17, 15) is 19.2 Å². The molecule has 0 heterocycles. The van der Waals surface area contributed by atoms with Gasteiger partial charge in [0.05, 0.1) is 19.6 Å². The first-order valence-electron chi connectivity index (χ1n) is 6.90. The lowest BCUT2D eigenvalue weighted by Gasteiger charge is -2.04. The zero-order valence-corrected chi connectivity index (χ0v) is 13.0. The molecule has 0 bridgehead atoms. The van der Waals surface area contributed by atoms with Crippen molar-refractivity contribution in [3.8, 4) is 0 Å². The number of allylic oxidation sites excluding steroid dienone is 1. The molecule has 0 aliphatic rings. The van der Waals surface area contributed by atoms with Crippen molar-refractivity contribution in [1.29, 1.82) is 5.41 Å². The van der Waals surface area contributed by atoms with Crippen LogP contribution in [0.4, 0.5) is 9.59 Å². The van der Waals surface area contributed by atoms with Gasteiger partial charge in [-0.05, 0) is 18.9 Å². The van der Waals surface area contributed by atoms with Gasteiger partial charge in [0.25, 0.3) is 0 Å². The third-order valence-corrected chi connectivity index (χ3v) is 1.98. The molecule has 9 nitrogen and oxygen atoms in total. The summed E-state index contributed by atoms with van der Waals surface area (Å²) in [5.74, 6) is -2.41. The maximum absolute atomic E-state index is 11.4. The lowest BCUT2D eigenvalue weighted by atomic mass is 10.2. The van der Waals surface area contributed by atoms with E-state index < -0.39 is 36.4 Å². The summed E-state index contributed by atoms with van der Waals surface area (Å²) in [6.07, 6.45) is -0.128.